The predicted octanol–water partition coefficient (Wildman–Crippen LogP) is 2.65. The van der Waals surface area contributed by atoms with Gasteiger partial charge in [0.05, 0.1) is 25.8 Å². The Morgan fingerprint density at radius 1 is 1.14 bits per heavy atom. The normalized spacial score (nSPS) is 17.0. The first-order valence-electron chi connectivity index (χ1n) is 12.9. The molecule has 0 aliphatic carbocycles. The first-order valence-corrected chi connectivity index (χ1v) is 12.9. The van der Waals surface area contributed by atoms with E-state index in [4.69, 9.17) is 19.4 Å². The Hall–Kier alpha value is -3.09. The molecule has 2 saturated heterocycles. The molecule has 2 aliphatic rings. The summed E-state index contributed by atoms with van der Waals surface area (Å²) in [4.78, 5) is 26.2. The lowest BCUT2D eigenvalue weighted by molar-refractivity contribution is -0.115. The second kappa shape index (κ2) is 12.7. The molecule has 1 amide bonds. The zero-order valence-corrected chi connectivity index (χ0v) is 21.7. The summed E-state index contributed by atoms with van der Waals surface area (Å²) in [7, 11) is 3.80. The fourth-order valence-electron chi connectivity index (χ4n) is 4.79. The van der Waals surface area contributed by atoms with Crippen LogP contribution in [0.3, 0.4) is 0 Å². The van der Waals surface area contributed by atoms with E-state index in [0.29, 0.717) is 30.0 Å². The van der Waals surface area contributed by atoms with Crippen LogP contribution in [0.1, 0.15) is 44.9 Å². The number of rotatable bonds is 10. The number of hydrogen-bond acceptors (Lipinski definition) is 8. The largest absolute Gasteiger partial charge is 0.493 e. The number of likely N-dealkylation sites (tertiary alicyclic amines) is 2. The number of carbonyl (C=O) groups excluding carboxylic acids is 1. The maximum absolute atomic E-state index is 11.9. The van der Waals surface area contributed by atoms with Crippen LogP contribution in [0.2, 0.25) is 0 Å². The average molecular weight is 495 g/mol. The third-order valence-corrected chi connectivity index (χ3v) is 6.81. The van der Waals surface area contributed by atoms with Crippen LogP contribution in [-0.2, 0) is 11.3 Å². The van der Waals surface area contributed by atoms with E-state index in [-0.39, 0.29) is 12.5 Å². The number of ether oxygens (including phenoxy) is 2. The zero-order valence-electron chi connectivity index (χ0n) is 21.7. The van der Waals surface area contributed by atoms with Gasteiger partial charge in [-0.2, -0.15) is 0 Å². The summed E-state index contributed by atoms with van der Waals surface area (Å²) in [6, 6.07) is 4.19. The molecule has 9 heteroatoms. The lowest BCUT2D eigenvalue weighted by atomic mass is 10.1. The van der Waals surface area contributed by atoms with E-state index in [9.17, 15) is 4.79 Å². The van der Waals surface area contributed by atoms with Crippen molar-refractivity contribution in [1.82, 2.24) is 25.1 Å². The molecule has 1 aromatic heterocycles. The van der Waals surface area contributed by atoms with E-state index in [0.717, 1.165) is 55.6 Å². The Labute approximate surface area is 213 Å². The molecule has 2 N–H and O–H groups in total. The van der Waals surface area contributed by atoms with Crippen LogP contribution < -0.4 is 20.1 Å². The number of benzene rings is 1. The summed E-state index contributed by atoms with van der Waals surface area (Å²) in [5.41, 5.74) is 0.751. The van der Waals surface area contributed by atoms with Crippen LogP contribution in [0.25, 0.3) is 10.9 Å². The van der Waals surface area contributed by atoms with Gasteiger partial charge >= 0.3 is 0 Å². The summed E-state index contributed by atoms with van der Waals surface area (Å²) in [6.45, 7) is 7.95. The second-order valence-corrected chi connectivity index (χ2v) is 9.54. The van der Waals surface area contributed by atoms with E-state index < -0.39 is 0 Å². The average Bonchev–Trinajstić information content (AvgIpc) is 3.40. The van der Waals surface area contributed by atoms with Crippen LogP contribution in [0.5, 0.6) is 11.5 Å². The fraction of sp³-hybridized carbons (Fsp3) is 0.593. The third-order valence-electron chi connectivity index (χ3n) is 6.81. The van der Waals surface area contributed by atoms with Crippen molar-refractivity contribution in [3.05, 3.63) is 18.0 Å². The summed E-state index contributed by atoms with van der Waals surface area (Å²) in [5.74, 6) is 7.37. The number of methoxy groups -OCH3 is 1. The minimum atomic E-state index is -0.345. The zero-order chi connectivity index (χ0) is 25.3. The number of carbonyl (C=O) groups is 1. The van der Waals surface area contributed by atoms with Gasteiger partial charge in [-0.15, -0.1) is 0 Å². The maximum atomic E-state index is 11.9. The molecule has 0 saturated carbocycles. The number of aromatic nitrogens is 2. The van der Waals surface area contributed by atoms with Crippen LogP contribution in [0, 0.1) is 11.8 Å². The first-order chi connectivity index (χ1) is 17.6. The summed E-state index contributed by atoms with van der Waals surface area (Å²) >= 11 is 0. The van der Waals surface area contributed by atoms with Crippen LogP contribution in [-0.4, -0.2) is 85.2 Å². The lowest BCUT2D eigenvalue weighted by Gasteiger charge is -2.30. The molecule has 9 nitrogen and oxygen atoms in total. The van der Waals surface area contributed by atoms with Crippen molar-refractivity contribution in [2.75, 3.05) is 58.8 Å². The maximum Gasteiger partial charge on any atom is 0.296 e. The number of hydrogen-bond donors (Lipinski definition) is 2. The van der Waals surface area contributed by atoms with Crippen molar-refractivity contribution in [1.29, 1.82) is 0 Å². The van der Waals surface area contributed by atoms with Gasteiger partial charge < -0.3 is 29.9 Å². The van der Waals surface area contributed by atoms with Gasteiger partial charge in [0.15, 0.2) is 17.3 Å². The van der Waals surface area contributed by atoms with Crippen molar-refractivity contribution in [2.24, 2.45) is 0 Å². The molecule has 194 valence electrons. The van der Waals surface area contributed by atoms with E-state index in [1.807, 2.05) is 12.1 Å². The van der Waals surface area contributed by atoms with E-state index in [1.54, 1.807) is 14.0 Å². The smallest absolute Gasteiger partial charge is 0.296 e. The fourth-order valence-corrected chi connectivity index (χ4v) is 4.79. The van der Waals surface area contributed by atoms with Crippen LogP contribution in [0.15, 0.2) is 12.1 Å². The number of amides is 1. The van der Waals surface area contributed by atoms with E-state index >= 15 is 0 Å². The Kier molecular flexibility index (Phi) is 9.20. The molecule has 3 heterocycles. The molecule has 0 unspecified atom stereocenters. The highest BCUT2D eigenvalue weighted by Crippen LogP contribution is 2.35. The van der Waals surface area contributed by atoms with Gasteiger partial charge in [-0.1, -0.05) is 5.92 Å². The molecule has 2 aromatic rings. The third kappa shape index (κ3) is 6.99. The molecule has 4 rings (SSSR count). The van der Waals surface area contributed by atoms with Gasteiger partial charge in [0, 0.05) is 24.0 Å². The number of piperidine rings is 1. The quantitative estimate of drug-likeness (QED) is 0.385. The minimum Gasteiger partial charge on any atom is -0.493 e. The van der Waals surface area contributed by atoms with Crippen molar-refractivity contribution >= 4 is 22.6 Å². The SMILES string of the molecule is CC#CC(=O)NCc1nc(NC2CCN(C)CC2)c2cc(OC)c(OCCCN3CCCC3)cc2n1. The molecule has 0 bridgehead atoms. The van der Waals surface area contributed by atoms with E-state index in [2.05, 4.69) is 39.3 Å². The van der Waals surface area contributed by atoms with E-state index in [1.165, 1.54) is 25.9 Å². The van der Waals surface area contributed by atoms with Gasteiger partial charge in [0.2, 0.25) is 0 Å². The lowest BCUT2D eigenvalue weighted by Crippen LogP contribution is -2.37. The highest BCUT2D eigenvalue weighted by atomic mass is 16.5. The summed E-state index contributed by atoms with van der Waals surface area (Å²) in [6.07, 6.45) is 5.62. The van der Waals surface area contributed by atoms with Crippen LogP contribution in [0.4, 0.5) is 5.82 Å². The Balaban J connectivity index is 1.56. The summed E-state index contributed by atoms with van der Waals surface area (Å²) in [5, 5.41) is 7.28. The molecule has 0 spiro atoms. The Morgan fingerprint density at radius 2 is 1.92 bits per heavy atom. The topological polar surface area (TPSA) is 91.9 Å². The first kappa shape index (κ1) is 26.0. The van der Waals surface area contributed by atoms with Gasteiger partial charge in [0.25, 0.3) is 5.91 Å². The number of nitrogens with one attached hydrogen (secondary N) is 2. The molecule has 0 radical (unpaired) electrons. The number of nitrogens with zero attached hydrogens (tertiary/aromatic N) is 4. The van der Waals surface area contributed by atoms with Gasteiger partial charge in [-0.25, -0.2) is 9.97 Å². The standard InChI is InChI=1S/C27H38N6O3/c1-4-8-26(34)28-19-25-30-22-18-24(36-16-7-13-33-11-5-6-12-33)23(35-3)17-21(22)27(31-25)29-20-9-14-32(2)15-10-20/h17-18,20H,5-7,9-16,19H2,1-3H3,(H,28,34)(H,29,30,31). The van der Waals surface area contributed by atoms with Crippen molar-refractivity contribution in [3.8, 4) is 23.3 Å². The van der Waals surface area contributed by atoms with Crippen molar-refractivity contribution < 1.29 is 14.3 Å². The van der Waals surface area contributed by atoms with Gasteiger partial charge in [0.1, 0.15) is 5.82 Å². The molecular formula is C27H38N6O3. The molecule has 2 fully saturated rings. The number of anilines is 1. The van der Waals surface area contributed by atoms with Crippen LogP contribution >= 0.6 is 0 Å². The molecule has 36 heavy (non-hydrogen) atoms. The highest BCUT2D eigenvalue weighted by Gasteiger charge is 2.20. The minimum absolute atomic E-state index is 0.198. The summed E-state index contributed by atoms with van der Waals surface area (Å²) < 4.78 is 11.8. The van der Waals surface area contributed by atoms with Crippen molar-refractivity contribution in [3.63, 3.8) is 0 Å². The monoisotopic (exact) mass is 494 g/mol. The molecule has 1 aromatic carbocycles. The number of fused-ring (bicyclic) bond motifs is 1. The van der Waals surface area contributed by atoms with Gasteiger partial charge in [-0.3, -0.25) is 4.79 Å². The highest BCUT2D eigenvalue weighted by molar-refractivity contribution is 5.94. The Morgan fingerprint density at radius 3 is 2.64 bits per heavy atom. The van der Waals surface area contributed by atoms with Gasteiger partial charge in [-0.05, 0) is 84.2 Å². The van der Waals surface area contributed by atoms with Crippen molar-refractivity contribution in [2.45, 2.75) is 51.6 Å². The molecule has 0 atom stereocenters. The predicted molar refractivity (Wildman–Crippen MR) is 141 cm³/mol. The Bertz CT molecular complexity index is 1100. The molecule has 2 aliphatic heterocycles. The molecular weight excluding hydrogens is 456 g/mol. The second-order valence-electron chi connectivity index (χ2n) is 9.54.